The number of benzene rings is 1. The van der Waals surface area contributed by atoms with E-state index in [1.807, 2.05) is 10.7 Å². The maximum Gasteiger partial charge on any atom is 0.309 e. The van der Waals surface area contributed by atoms with E-state index in [0.29, 0.717) is 25.2 Å². The van der Waals surface area contributed by atoms with E-state index in [4.69, 9.17) is 4.74 Å². The Morgan fingerprint density at radius 1 is 1.50 bits per heavy atom. The summed E-state index contributed by atoms with van der Waals surface area (Å²) in [6.45, 7) is 0.654. The number of aromatic hydroxyl groups is 1. The lowest BCUT2D eigenvalue weighted by molar-refractivity contribution is -0.146. The average molecular weight is 273 g/mol. The van der Waals surface area contributed by atoms with Gasteiger partial charge in [0, 0.05) is 18.5 Å². The molecule has 0 amide bonds. The monoisotopic (exact) mass is 273 g/mol. The second-order valence-corrected chi connectivity index (χ2v) is 4.84. The number of carbonyl (C=O) groups is 1. The molecule has 20 heavy (non-hydrogen) atoms. The highest BCUT2D eigenvalue weighted by Gasteiger charge is 2.27. The first-order valence-corrected chi connectivity index (χ1v) is 6.48. The largest absolute Gasteiger partial charge is 0.508 e. The van der Waals surface area contributed by atoms with Crippen molar-refractivity contribution in [2.75, 3.05) is 7.11 Å². The van der Waals surface area contributed by atoms with E-state index in [1.165, 1.54) is 7.11 Å². The van der Waals surface area contributed by atoms with Crippen LogP contribution in [-0.2, 0) is 22.5 Å². The van der Waals surface area contributed by atoms with Gasteiger partial charge in [0.25, 0.3) is 0 Å². The number of rotatable bonds is 2. The van der Waals surface area contributed by atoms with Gasteiger partial charge in [-0.2, -0.15) is 5.10 Å². The van der Waals surface area contributed by atoms with Gasteiger partial charge in [-0.1, -0.05) is 12.1 Å². The van der Waals surface area contributed by atoms with Gasteiger partial charge in [-0.3, -0.25) is 4.79 Å². The minimum Gasteiger partial charge on any atom is -0.508 e. The number of esters is 1. The van der Waals surface area contributed by atoms with Crippen LogP contribution >= 0.6 is 0 Å². The number of methoxy groups -OCH3 is 1. The van der Waals surface area contributed by atoms with Gasteiger partial charge in [-0.05, 0) is 18.6 Å². The molecule has 1 aliphatic rings. The number of hydrogen-bond acceptors (Lipinski definition) is 5. The molecule has 2 aromatic rings. The fourth-order valence-electron chi connectivity index (χ4n) is 2.44. The smallest absolute Gasteiger partial charge is 0.309 e. The van der Waals surface area contributed by atoms with Crippen molar-refractivity contribution in [2.24, 2.45) is 5.92 Å². The molecular formula is C14H15N3O3. The summed E-state index contributed by atoms with van der Waals surface area (Å²) in [4.78, 5) is 16.0. The Morgan fingerprint density at radius 2 is 2.35 bits per heavy atom. The summed E-state index contributed by atoms with van der Waals surface area (Å²) in [6.07, 6.45) is 1.25. The van der Waals surface area contributed by atoms with Crippen molar-refractivity contribution in [3.05, 3.63) is 30.1 Å². The summed E-state index contributed by atoms with van der Waals surface area (Å²) >= 11 is 0. The third-order valence-electron chi connectivity index (χ3n) is 3.51. The van der Waals surface area contributed by atoms with Crippen LogP contribution in [0.4, 0.5) is 0 Å². The maximum absolute atomic E-state index is 11.6. The van der Waals surface area contributed by atoms with Crippen molar-refractivity contribution in [1.82, 2.24) is 14.8 Å². The number of nitrogens with zero attached hydrogens (tertiary/aromatic N) is 3. The van der Waals surface area contributed by atoms with Crippen LogP contribution in [0.15, 0.2) is 24.3 Å². The maximum atomic E-state index is 11.6. The molecule has 0 bridgehead atoms. The summed E-state index contributed by atoms with van der Waals surface area (Å²) in [7, 11) is 1.40. The summed E-state index contributed by atoms with van der Waals surface area (Å²) in [5.41, 5.74) is 0.765. The van der Waals surface area contributed by atoms with E-state index in [2.05, 4.69) is 10.1 Å². The van der Waals surface area contributed by atoms with Gasteiger partial charge in [-0.25, -0.2) is 9.67 Å². The van der Waals surface area contributed by atoms with Crippen molar-refractivity contribution in [2.45, 2.75) is 19.4 Å². The molecule has 1 aromatic heterocycles. The van der Waals surface area contributed by atoms with Crippen LogP contribution < -0.4 is 0 Å². The van der Waals surface area contributed by atoms with Gasteiger partial charge in [0.1, 0.15) is 11.6 Å². The SMILES string of the molecule is COC(=O)C1CCn2nc(-c3cccc(O)c3)nc2C1. The lowest BCUT2D eigenvalue weighted by Crippen LogP contribution is -2.27. The van der Waals surface area contributed by atoms with E-state index in [9.17, 15) is 9.90 Å². The third kappa shape index (κ3) is 2.24. The molecule has 0 radical (unpaired) electrons. The number of aryl methyl sites for hydroxylation is 1. The Morgan fingerprint density at radius 3 is 3.10 bits per heavy atom. The molecule has 1 aliphatic heterocycles. The Bertz CT molecular complexity index is 651. The summed E-state index contributed by atoms with van der Waals surface area (Å²) < 4.78 is 6.60. The molecule has 6 heteroatoms. The Kier molecular flexibility index (Phi) is 3.14. The van der Waals surface area contributed by atoms with Crippen molar-refractivity contribution in [1.29, 1.82) is 0 Å². The van der Waals surface area contributed by atoms with Crippen LogP contribution in [0.2, 0.25) is 0 Å². The molecule has 6 nitrogen and oxygen atoms in total. The number of aromatic nitrogens is 3. The lowest BCUT2D eigenvalue weighted by atomic mass is 9.98. The first-order valence-electron chi connectivity index (χ1n) is 6.48. The molecule has 1 atom stereocenters. The molecule has 0 saturated carbocycles. The zero-order chi connectivity index (χ0) is 14.1. The molecule has 104 valence electrons. The van der Waals surface area contributed by atoms with E-state index in [1.54, 1.807) is 18.2 Å². The predicted molar refractivity (Wildman–Crippen MR) is 70.9 cm³/mol. The molecule has 1 unspecified atom stereocenters. The third-order valence-corrected chi connectivity index (χ3v) is 3.51. The number of phenols is 1. The van der Waals surface area contributed by atoms with E-state index in [0.717, 1.165) is 11.4 Å². The van der Waals surface area contributed by atoms with Gasteiger partial charge < -0.3 is 9.84 Å². The molecule has 0 aliphatic carbocycles. The normalized spacial score (nSPS) is 17.6. The zero-order valence-corrected chi connectivity index (χ0v) is 11.1. The van der Waals surface area contributed by atoms with E-state index in [-0.39, 0.29) is 17.6 Å². The molecule has 0 fully saturated rings. The van der Waals surface area contributed by atoms with Crippen LogP contribution in [0.25, 0.3) is 11.4 Å². The van der Waals surface area contributed by atoms with Crippen molar-refractivity contribution in [3.63, 3.8) is 0 Å². The van der Waals surface area contributed by atoms with Crippen molar-refractivity contribution >= 4 is 5.97 Å². The molecule has 1 aromatic carbocycles. The molecule has 0 spiro atoms. The molecule has 2 heterocycles. The lowest BCUT2D eigenvalue weighted by Gasteiger charge is -2.19. The van der Waals surface area contributed by atoms with Gasteiger partial charge in [-0.15, -0.1) is 0 Å². The highest BCUT2D eigenvalue weighted by molar-refractivity contribution is 5.72. The first-order chi connectivity index (χ1) is 9.67. The fraction of sp³-hybridized carbons (Fsp3) is 0.357. The van der Waals surface area contributed by atoms with Crippen LogP contribution in [0.1, 0.15) is 12.2 Å². The summed E-state index contributed by atoms with van der Waals surface area (Å²) in [6, 6.07) is 6.83. The number of hydrogen-bond donors (Lipinski definition) is 1. The minimum absolute atomic E-state index is 0.145. The number of fused-ring (bicyclic) bond motifs is 1. The van der Waals surface area contributed by atoms with Crippen molar-refractivity contribution in [3.8, 4) is 17.1 Å². The van der Waals surface area contributed by atoms with Crippen LogP contribution in [0, 0.1) is 5.92 Å². The van der Waals surface area contributed by atoms with Crippen LogP contribution in [-0.4, -0.2) is 33.0 Å². The van der Waals surface area contributed by atoms with E-state index < -0.39 is 0 Å². The van der Waals surface area contributed by atoms with Gasteiger partial charge in [0.05, 0.1) is 13.0 Å². The number of phenolic OH excluding ortho intramolecular Hbond substituents is 1. The van der Waals surface area contributed by atoms with Crippen LogP contribution in [0.3, 0.4) is 0 Å². The fourth-order valence-corrected chi connectivity index (χ4v) is 2.44. The summed E-state index contributed by atoms with van der Waals surface area (Å²) in [5, 5.41) is 13.9. The number of ether oxygens (including phenoxy) is 1. The average Bonchev–Trinajstić information content (AvgIpc) is 2.89. The Balaban J connectivity index is 1.89. The highest BCUT2D eigenvalue weighted by Crippen LogP contribution is 2.25. The van der Waals surface area contributed by atoms with Gasteiger partial charge >= 0.3 is 5.97 Å². The minimum atomic E-state index is -0.196. The zero-order valence-electron chi connectivity index (χ0n) is 11.1. The molecular weight excluding hydrogens is 258 g/mol. The molecule has 0 saturated heterocycles. The predicted octanol–water partition coefficient (Wildman–Crippen LogP) is 1.39. The standard InChI is InChI=1S/C14H15N3O3/c1-20-14(19)10-5-6-17-12(8-10)15-13(16-17)9-3-2-4-11(18)7-9/h2-4,7,10,18H,5-6,8H2,1H3. The second kappa shape index (κ2) is 4.96. The topological polar surface area (TPSA) is 77.2 Å². The Hall–Kier alpha value is -2.37. The molecule has 3 rings (SSSR count). The molecule has 1 N–H and O–H groups in total. The van der Waals surface area contributed by atoms with E-state index >= 15 is 0 Å². The summed E-state index contributed by atoms with van der Waals surface area (Å²) in [5.74, 6) is 1.20. The highest BCUT2D eigenvalue weighted by atomic mass is 16.5. The quantitative estimate of drug-likeness (QED) is 0.837. The first kappa shape index (κ1) is 12.7. The Labute approximate surface area is 116 Å². The second-order valence-electron chi connectivity index (χ2n) is 4.84. The van der Waals surface area contributed by atoms with Crippen molar-refractivity contribution < 1.29 is 14.6 Å². The number of carbonyl (C=O) groups excluding carboxylic acids is 1. The van der Waals surface area contributed by atoms with Gasteiger partial charge in [0.2, 0.25) is 0 Å². The van der Waals surface area contributed by atoms with Crippen LogP contribution in [0.5, 0.6) is 5.75 Å². The van der Waals surface area contributed by atoms with Gasteiger partial charge in [0.15, 0.2) is 5.82 Å².